The lowest BCUT2D eigenvalue weighted by Gasteiger charge is -2.15. The average Bonchev–Trinajstić information content (AvgIpc) is 2.97. The molecule has 1 atom stereocenters. The van der Waals surface area contributed by atoms with Crippen LogP contribution in [0.25, 0.3) is 0 Å². The summed E-state index contributed by atoms with van der Waals surface area (Å²) >= 11 is 0. The third-order valence-corrected chi connectivity index (χ3v) is 5.83. The van der Waals surface area contributed by atoms with E-state index < -0.39 is 18.0 Å². The summed E-state index contributed by atoms with van der Waals surface area (Å²) in [6, 6.07) is 12.8. The summed E-state index contributed by atoms with van der Waals surface area (Å²) in [5.41, 5.74) is 17.5. The fourth-order valence-electron chi connectivity index (χ4n) is 3.42. The van der Waals surface area contributed by atoms with Crippen molar-refractivity contribution in [2.45, 2.75) is 76.8 Å². The van der Waals surface area contributed by atoms with E-state index in [9.17, 15) is 19.2 Å². The number of carboxylic acid groups (broad SMARTS) is 2. The van der Waals surface area contributed by atoms with Crippen LogP contribution in [-0.2, 0) is 9.59 Å². The number of hydrogen-bond donors (Lipinski definition) is 6. The molecule has 0 bridgehead atoms. The van der Waals surface area contributed by atoms with Crippen molar-refractivity contribution in [3.05, 3.63) is 59.7 Å². The molecule has 0 radical (unpaired) electrons. The maximum absolute atomic E-state index is 11.2. The molecule has 2 aromatic carbocycles. The van der Waals surface area contributed by atoms with Crippen LogP contribution in [0.4, 0.5) is 5.69 Å². The largest absolute Gasteiger partial charge is 0.497 e. The van der Waals surface area contributed by atoms with E-state index in [1.165, 1.54) is 51.3 Å². The van der Waals surface area contributed by atoms with Crippen molar-refractivity contribution in [3.63, 3.8) is 0 Å². The number of aromatic carboxylic acids is 1. The Balaban J connectivity index is 0.000000536. The van der Waals surface area contributed by atoms with Crippen LogP contribution < -0.4 is 27.3 Å². The zero-order valence-corrected chi connectivity index (χ0v) is 24.1. The molecule has 228 valence electrons. The molecule has 0 saturated heterocycles. The van der Waals surface area contributed by atoms with Gasteiger partial charge in [-0.25, -0.2) is 4.79 Å². The molecule has 1 aliphatic carbocycles. The molecule has 2 aromatic rings. The van der Waals surface area contributed by atoms with Crippen molar-refractivity contribution in [2.24, 2.45) is 17.2 Å². The Morgan fingerprint density at radius 1 is 1.02 bits per heavy atom. The number of methoxy groups -OCH3 is 1. The second kappa shape index (κ2) is 23.0. The number of anilines is 1. The SMILES string of the molecule is CCCC(=O)Nc1ccc(C=O)cc1.COc1ccc(C(=O)O)cc1.NC1CCCCC1.NCCC[C@H](N)C(=O)O. The second-order valence-corrected chi connectivity index (χ2v) is 9.35. The number of aldehydes is 1. The minimum atomic E-state index is -0.955. The molecule has 41 heavy (non-hydrogen) atoms. The van der Waals surface area contributed by atoms with Crippen molar-refractivity contribution < 1.29 is 34.1 Å². The van der Waals surface area contributed by atoms with E-state index in [-0.39, 0.29) is 11.5 Å². The molecule has 1 fully saturated rings. The van der Waals surface area contributed by atoms with Gasteiger partial charge in [-0.15, -0.1) is 0 Å². The summed E-state index contributed by atoms with van der Waals surface area (Å²) in [6.07, 6.45) is 9.93. The van der Waals surface area contributed by atoms with Gasteiger partial charge in [0.15, 0.2) is 0 Å². The van der Waals surface area contributed by atoms with Crippen molar-refractivity contribution in [3.8, 4) is 5.75 Å². The number of carboxylic acids is 2. The third-order valence-electron chi connectivity index (χ3n) is 5.83. The molecule has 0 unspecified atom stereocenters. The van der Waals surface area contributed by atoms with Gasteiger partial charge in [0.05, 0.1) is 12.7 Å². The molecule has 9 N–H and O–H groups in total. The van der Waals surface area contributed by atoms with Crippen LogP contribution in [0.1, 0.15) is 85.4 Å². The summed E-state index contributed by atoms with van der Waals surface area (Å²) in [6.45, 7) is 2.45. The van der Waals surface area contributed by atoms with Crippen molar-refractivity contribution in [2.75, 3.05) is 19.0 Å². The number of nitrogens with two attached hydrogens (primary N) is 3. The normalized spacial score (nSPS) is 12.9. The van der Waals surface area contributed by atoms with Crippen LogP contribution in [0, 0.1) is 0 Å². The third kappa shape index (κ3) is 19.0. The molecule has 1 aliphatic rings. The summed E-state index contributed by atoms with van der Waals surface area (Å²) in [4.78, 5) is 41.9. The number of carbonyl (C=O) groups excluding carboxylic acids is 2. The molecular weight excluding hydrogens is 528 g/mol. The Kier molecular flexibility index (Phi) is 20.8. The highest BCUT2D eigenvalue weighted by atomic mass is 16.5. The Morgan fingerprint density at radius 3 is 2.00 bits per heavy atom. The number of carbonyl (C=O) groups is 4. The highest BCUT2D eigenvalue weighted by molar-refractivity contribution is 5.91. The summed E-state index contributed by atoms with van der Waals surface area (Å²) in [5.74, 6) is -1.21. The highest BCUT2D eigenvalue weighted by Crippen LogP contribution is 2.15. The maximum atomic E-state index is 11.2. The predicted molar refractivity (Wildman–Crippen MR) is 160 cm³/mol. The maximum Gasteiger partial charge on any atom is 0.335 e. The number of aliphatic carboxylic acids is 1. The van der Waals surface area contributed by atoms with Gasteiger partial charge in [-0.1, -0.05) is 26.2 Å². The molecular formula is C30H46N4O7. The molecule has 1 amide bonds. The van der Waals surface area contributed by atoms with E-state index in [4.69, 9.17) is 32.2 Å². The fraction of sp³-hybridized carbons (Fsp3) is 0.467. The fourth-order valence-corrected chi connectivity index (χ4v) is 3.42. The molecule has 0 aliphatic heterocycles. The van der Waals surface area contributed by atoms with Gasteiger partial charge in [0.2, 0.25) is 5.91 Å². The molecule has 0 aromatic heterocycles. The lowest BCUT2D eigenvalue weighted by Crippen LogP contribution is -2.30. The van der Waals surface area contributed by atoms with E-state index in [1.807, 2.05) is 6.92 Å². The lowest BCUT2D eigenvalue weighted by molar-refractivity contribution is -0.138. The molecule has 3 rings (SSSR count). The second-order valence-electron chi connectivity index (χ2n) is 9.35. The molecule has 0 spiro atoms. The Hall–Kier alpha value is -3.80. The first-order valence-corrected chi connectivity index (χ1v) is 13.7. The van der Waals surface area contributed by atoms with Gasteiger partial charge in [-0.2, -0.15) is 0 Å². The topological polar surface area (TPSA) is 208 Å². The van der Waals surface area contributed by atoms with E-state index >= 15 is 0 Å². The summed E-state index contributed by atoms with van der Waals surface area (Å²) in [5, 5.41) is 19.5. The van der Waals surface area contributed by atoms with Crippen LogP contribution in [0.15, 0.2) is 48.5 Å². The number of benzene rings is 2. The molecule has 1 saturated carbocycles. The van der Waals surface area contributed by atoms with Crippen LogP contribution in [0.3, 0.4) is 0 Å². The minimum Gasteiger partial charge on any atom is -0.497 e. The van der Waals surface area contributed by atoms with Crippen LogP contribution in [0.5, 0.6) is 5.75 Å². The van der Waals surface area contributed by atoms with Crippen LogP contribution in [-0.4, -0.2) is 60.1 Å². The van der Waals surface area contributed by atoms with Crippen LogP contribution >= 0.6 is 0 Å². The Labute approximate surface area is 242 Å². The van der Waals surface area contributed by atoms with Gasteiger partial charge >= 0.3 is 11.9 Å². The first kappa shape index (κ1) is 37.2. The highest BCUT2D eigenvalue weighted by Gasteiger charge is 2.09. The summed E-state index contributed by atoms with van der Waals surface area (Å²) in [7, 11) is 1.54. The standard InChI is InChI=1S/C11H13NO2.C8H8O3.C6H13N.C5H12N2O2/c1-2-3-11(14)12-10-6-4-9(8-13)5-7-10;1-11-7-4-2-6(3-5-7)8(9)10;7-6-4-2-1-3-5-6;6-3-1-2-4(7)5(8)9/h4-8H,2-3H2,1H3,(H,12,14);2-5H,1H3,(H,9,10);6H,1-5,7H2;4H,1-3,6-7H2,(H,8,9)/t;;;4-/m...0/s1. The monoisotopic (exact) mass is 574 g/mol. The molecule has 11 heteroatoms. The van der Waals surface area contributed by atoms with E-state index in [0.29, 0.717) is 43.2 Å². The molecule has 0 heterocycles. The van der Waals surface area contributed by atoms with Gasteiger partial charge in [0.1, 0.15) is 18.1 Å². The first-order chi connectivity index (χ1) is 19.6. The minimum absolute atomic E-state index is 0.00588. The van der Waals surface area contributed by atoms with E-state index in [2.05, 4.69) is 5.32 Å². The Bertz CT molecular complexity index is 1010. The van der Waals surface area contributed by atoms with Gasteiger partial charge in [0.25, 0.3) is 0 Å². The zero-order chi connectivity index (χ0) is 31.0. The Morgan fingerprint density at radius 2 is 1.61 bits per heavy atom. The quantitative estimate of drug-likeness (QED) is 0.224. The van der Waals surface area contributed by atoms with Gasteiger partial charge in [-0.3, -0.25) is 14.4 Å². The van der Waals surface area contributed by atoms with Crippen molar-refractivity contribution >= 4 is 29.8 Å². The predicted octanol–water partition coefficient (Wildman–Crippen LogP) is 4.05. The number of ether oxygens (including phenoxy) is 1. The van der Waals surface area contributed by atoms with Crippen LogP contribution in [0.2, 0.25) is 0 Å². The van der Waals surface area contributed by atoms with Gasteiger partial charge < -0.3 is 37.5 Å². The number of hydrogen-bond acceptors (Lipinski definition) is 8. The first-order valence-electron chi connectivity index (χ1n) is 13.7. The van der Waals surface area contributed by atoms with E-state index in [0.717, 1.165) is 18.4 Å². The van der Waals surface area contributed by atoms with Crippen molar-refractivity contribution in [1.82, 2.24) is 0 Å². The number of rotatable bonds is 10. The van der Waals surface area contributed by atoms with Gasteiger partial charge in [0, 0.05) is 23.7 Å². The number of nitrogens with one attached hydrogen (secondary N) is 1. The van der Waals surface area contributed by atoms with Gasteiger partial charge in [-0.05, 0) is 87.2 Å². The smallest absolute Gasteiger partial charge is 0.335 e. The average molecular weight is 575 g/mol. The number of amides is 1. The lowest BCUT2D eigenvalue weighted by atomic mass is 9.97. The molecule has 11 nitrogen and oxygen atoms in total. The van der Waals surface area contributed by atoms with Crippen molar-refractivity contribution in [1.29, 1.82) is 0 Å². The van der Waals surface area contributed by atoms with E-state index in [1.54, 1.807) is 36.4 Å². The zero-order valence-electron chi connectivity index (χ0n) is 24.1. The summed E-state index contributed by atoms with van der Waals surface area (Å²) < 4.78 is 4.86.